The number of nitrogens with zero attached hydrogens (tertiary/aromatic N) is 1. The Morgan fingerprint density at radius 2 is 1.81 bits per heavy atom. The predicted octanol–water partition coefficient (Wildman–Crippen LogP) is 2.32. The second kappa shape index (κ2) is 12.0. The first-order valence-corrected chi connectivity index (χ1v) is 10.1. The van der Waals surface area contributed by atoms with E-state index in [1.165, 1.54) is 4.90 Å². The van der Waals surface area contributed by atoms with Crippen LogP contribution in [0.25, 0.3) is 0 Å². The summed E-state index contributed by atoms with van der Waals surface area (Å²) in [5.74, 6) is -2.96. The maximum atomic E-state index is 13.1. The van der Waals surface area contributed by atoms with Gasteiger partial charge in [-0.25, -0.2) is 4.79 Å². The number of hydrogen-bond acceptors (Lipinski definition) is 7. The summed E-state index contributed by atoms with van der Waals surface area (Å²) in [6, 6.07) is 0. The molecule has 0 aliphatic heterocycles. The Morgan fingerprint density at radius 1 is 1.19 bits per heavy atom. The van der Waals surface area contributed by atoms with Crippen LogP contribution in [0.1, 0.15) is 46.5 Å². The van der Waals surface area contributed by atoms with E-state index in [-0.39, 0.29) is 18.5 Å². The molecule has 0 aromatic carbocycles. The first kappa shape index (κ1) is 26.1. The van der Waals surface area contributed by atoms with E-state index in [4.69, 9.17) is 19.7 Å². The van der Waals surface area contributed by atoms with Crippen molar-refractivity contribution in [2.45, 2.75) is 58.2 Å². The normalized spacial score (nSPS) is 16.2. The van der Waals surface area contributed by atoms with Gasteiger partial charge in [0.1, 0.15) is 24.8 Å². The highest BCUT2D eigenvalue weighted by atomic mass is 16.5. The molecule has 1 rings (SSSR count). The van der Waals surface area contributed by atoms with Crippen molar-refractivity contribution in [1.82, 2.24) is 4.90 Å². The van der Waals surface area contributed by atoms with Gasteiger partial charge in [0.15, 0.2) is 5.78 Å². The molecular formula is C22H31NO8. The molecule has 0 aromatic heterocycles. The van der Waals surface area contributed by atoms with Gasteiger partial charge in [-0.1, -0.05) is 19.6 Å². The summed E-state index contributed by atoms with van der Waals surface area (Å²) >= 11 is 0. The van der Waals surface area contributed by atoms with Crippen LogP contribution in [-0.4, -0.2) is 70.2 Å². The largest absolute Gasteiger partial charge is 0.480 e. The number of esters is 1. The van der Waals surface area contributed by atoms with Gasteiger partial charge in [-0.2, -0.15) is 0 Å². The zero-order valence-corrected chi connectivity index (χ0v) is 18.3. The number of hydrogen-bond donors (Lipinski definition) is 2. The molecule has 2 N–H and O–H groups in total. The number of carboxylic acids is 2. The first-order valence-electron chi connectivity index (χ1n) is 10.1. The van der Waals surface area contributed by atoms with Gasteiger partial charge in [0.2, 0.25) is 0 Å². The van der Waals surface area contributed by atoms with E-state index in [9.17, 15) is 19.2 Å². The van der Waals surface area contributed by atoms with Gasteiger partial charge >= 0.3 is 17.9 Å². The third-order valence-corrected chi connectivity index (χ3v) is 5.06. The molecule has 0 saturated carbocycles. The minimum atomic E-state index is -1.13. The molecule has 0 fully saturated rings. The van der Waals surface area contributed by atoms with Crippen molar-refractivity contribution in [3.8, 4) is 0 Å². The molecule has 0 amide bonds. The van der Waals surface area contributed by atoms with Gasteiger partial charge < -0.3 is 24.6 Å². The van der Waals surface area contributed by atoms with Gasteiger partial charge in [0.25, 0.3) is 0 Å². The Kier molecular flexibility index (Phi) is 10.1. The molecule has 0 heterocycles. The van der Waals surface area contributed by atoms with E-state index in [1.807, 2.05) is 6.92 Å². The minimum Gasteiger partial charge on any atom is -0.480 e. The number of rotatable bonds is 14. The quantitative estimate of drug-likeness (QED) is 0.310. The van der Waals surface area contributed by atoms with Crippen molar-refractivity contribution < 1.29 is 38.9 Å². The number of allylic oxidation sites excluding steroid dienone is 3. The molecular weight excluding hydrogens is 406 g/mol. The molecule has 0 radical (unpaired) electrons. The number of aliphatic carboxylic acids is 2. The zero-order valence-electron chi connectivity index (χ0n) is 18.3. The van der Waals surface area contributed by atoms with Crippen LogP contribution < -0.4 is 0 Å². The van der Waals surface area contributed by atoms with Gasteiger partial charge in [-0.05, 0) is 44.8 Å². The van der Waals surface area contributed by atoms with E-state index in [0.717, 1.165) is 6.08 Å². The summed E-state index contributed by atoms with van der Waals surface area (Å²) < 4.78 is 10.9. The van der Waals surface area contributed by atoms with Crippen molar-refractivity contribution >= 4 is 23.7 Å². The molecule has 172 valence electrons. The molecule has 9 heteroatoms. The van der Waals surface area contributed by atoms with Gasteiger partial charge in [-0.15, -0.1) is 0 Å². The van der Waals surface area contributed by atoms with Crippen LogP contribution in [0.15, 0.2) is 36.1 Å². The van der Waals surface area contributed by atoms with Crippen LogP contribution >= 0.6 is 0 Å². The number of carbonyl (C=O) groups is 4. The van der Waals surface area contributed by atoms with Gasteiger partial charge in [-0.3, -0.25) is 14.4 Å². The maximum absolute atomic E-state index is 13.1. The molecule has 1 aliphatic carbocycles. The Hall–Kier alpha value is -2.94. The lowest BCUT2D eigenvalue weighted by Gasteiger charge is -2.31. The van der Waals surface area contributed by atoms with E-state index in [1.54, 1.807) is 26.0 Å². The molecule has 0 bridgehead atoms. The van der Waals surface area contributed by atoms with E-state index < -0.39 is 36.6 Å². The highest BCUT2D eigenvalue weighted by Crippen LogP contribution is 2.28. The molecule has 2 unspecified atom stereocenters. The zero-order chi connectivity index (χ0) is 23.6. The summed E-state index contributed by atoms with van der Waals surface area (Å²) in [4.78, 5) is 47.6. The molecule has 9 nitrogen and oxygen atoms in total. The molecule has 1 aliphatic rings. The smallest absolute Gasteiger partial charge is 0.330 e. The molecule has 0 spiro atoms. The fourth-order valence-corrected chi connectivity index (χ4v) is 3.09. The predicted molar refractivity (Wildman–Crippen MR) is 112 cm³/mol. The van der Waals surface area contributed by atoms with Crippen molar-refractivity contribution in [3.63, 3.8) is 0 Å². The van der Waals surface area contributed by atoms with Crippen molar-refractivity contribution in [2.24, 2.45) is 0 Å². The van der Waals surface area contributed by atoms with Gasteiger partial charge in [0.05, 0.1) is 6.61 Å². The fraction of sp³-hybridized carbons (Fsp3) is 0.545. The Morgan fingerprint density at radius 3 is 2.26 bits per heavy atom. The number of ketones is 1. The van der Waals surface area contributed by atoms with Crippen molar-refractivity contribution in [2.75, 3.05) is 19.7 Å². The van der Waals surface area contributed by atoms with Crippen LogP contribution in [0.5, 0.6) is 0 Å². The minimum absolute atomic E-state index is 0.177. The third-order valence-electron chi connectivity index (χ3n) is 5.06. The molecule has 2 atom stereocenters. The Balaban J connectivity index is 2.82. The molecule has 0 aromatic rings. The fourth-order valence-electron chi connectivity index (χ4n) is 3.09. The lowest BCUT2D eigenvalue weighted by atomic mass is 9.87. The van der Waals surface area contributed by atoms with Crippen LogP contribution in [0.4, 0.5) is 0 Å². The standard InChI is InChI=1S/C22H31NO8/c1-5-20(28)31-15(3)11-12-30-22(4,6-2)21(29)16-7-9-17(10-8-16)23(13-18(24)25)14-19(26)27/h5,7,9,15H,1,6,8,10-14H2,2-4H3,(H,24,25)(H,26,27). The lowest BCUT2D eigenvalue weighted by Crippen LogP contribution is -2.40. The molecule has 31 heavy (non-hydrogen) atoms. The van der Waals surface area contributed by atoms with Crippen LogP contribution in [0.3, 0.4) is 0 Å². The van der Waals surface area contributed by atoms with Crippen LogP contribution in [0, 0.1) is 0 Å². The number of carboxylic acid groups (broad SMARTS) is 2. The SMILES string of the molecule is C=CC(=O)OC(C)CCOC(C)(CC)C(=O)C1=CC=C(N(CC(=O)O)CC(=O)O)CC1. The Labute approximate surface area is 182 Å². The monoisotopic (exact) mass is 437 g/mol. The lowest BCUT2D eigenvalue weighted by molar-refractivity contribution is -0.147. The first-order chi connectivity index (χ1) is 14.5. The second-order valence-corrected chi connectivity index (χ2v) is 7.50. The van der Waals surface area contributed by atoms with Crippen LogP contribution in [0.2, 0.25) is 0 Å². The highest BCUT2D eigenvalue weighted by Gasteiger charge is 2.35. The molecule has 0 saturated heterocycles. The maximum Gasteiger partial charge on any atom is 0.330 e. The summed E-state index contributed by atoms with van der Waals surface area (Å²) in [5.41, 5.74) is 0.0319. The summed E-state index contributed by atoms with van der Waals surface area (Å²) in [5, 5.41) is 18.0. The highest BCUT2D eigenvalue weighted by molar-refractivity contribution is 6.02. The van der Waals surface area contributed by atoms with Gasteiger partial charge in [0, 0.05) is 18.2 Å². The number of Topliss-reactive ketones (excluding diaryl/α,β-unsaturated/α-hetero) is 1. The third kappa shape index (κ3) is 8.37. The topological polar surface area (TPSA) is 130 Å². The second-order valence-electron chi connectivity index (χ2n) is 7.50. The van der Waals surface area contributed by atoms with Crippen LogP contribution in [-0.2, 0) is 28.7 Å². The van der Waals surface area contributed by atoms with E-state index in [2.05, 4.69) is 6.58 Å². The summed E-state index contributed by atoms with van der Waals surface area (Å²) in [6.45, 7) is 7.98. The summed E-state index contributed by atoms with van der Waals surface area (Å²) in [7, 11) is 0. The number of ether oxygens (including phenoxy) is 2. The van der Waals surface area contributed by atoms with E-state index in [0.29, 0.717) is 37.0 Å². The summed E-state index contributed by atoms with van der Waals surface area (Å²) in [6.07, 6.45) is 5.46. The van der Waals surface area contributed by atoms with E-state index >= 15 is 0 Å². The number of carbonyl (C=O) groups excluding carboxylic acids is 2. The van der Waals surface area contributed by atoms with Crippen molar-refractivity contribution in [1.29, 1.82) is 0 Å². The van der Waals surface area contributed by atoms with Crippen molar-refractivity contribution in [3.05, 3.63) is 36.1 Å². The Bertz CT molecular complexity index is 753. The average molecular weight is 437 g/mol. The average Bonchev–Trinajstić information content (AvgIpc) is 2.71.